The predicted octanol–water partition coefficient (Wildman–Crippen LogP) is 5.17. The maximum Gasteiger partial charge on any atom is 0.231 e. The molecule has 0 aliphatic carbocycles. The van der Waals surface area contributed by atoms with Crippen molar-refractivity contribution in [3.8, 4) is 11.5 Å². The number of rotatable bonds is 5. The summed E-state index contributed by atoms with van der Waals surface area (Å²) in [5.41, 5.74) is 2.35. The van der Waals surface area contributed by atoms with E-state index >= 15 is 0 Å². The van der Waals surface area contributed by atoms with Crippen molar-refractivity contribution in [2.45, 2.75) is 42.1 Å². The lowest BCUT2D eigenvalue weighted by atomic mass is 10.1. The van der Waals surface area contributed by atoms with Crippen LogP contribution in [0.25, 0.3) is 0 Å². The first kappa shape index (κ1) is 20.5. The second kappa shape index (κ2) is 9.35. The fourth-order valence-electron chi connectivity index (χ4n) is 3.64. The lowest BCUT2D eigenvalue weighted by molar-refractivity contribution is -0.130. The Morgan fingerprint density at radius 1 is 1.14 bits per heavy atom. The Kier molecular flexibility index (Phi) is 6.60. The number of carbonyl (C=O) groups is 1. The summed E-state index contributed by atoms with van der Waals surface area (Å²) in [4.78, 5) is 16.1. The molecule has 1 unspecified atom stereocenters. The van der Waals surface area contributed by atoms with Crippen LogP contribution >= 0.6 is 23.5 Å². The molecule has 0 spiro atoms. The molecule has 1 saturated heterocycles. The van der Waals surface area contributed by atoms with Crippen molar-refractivity contribution in [1.29, 1.82) is 0 Å². The van der Waals surface area contributed by atoms with Gasteiger partial charge in [-0.15, -0.1) is 11.8 Å². The maximum absolute atomic E-state index is 12.9. The SMILES string of the molecule is CC(C)Sc1ccc(CC(=O)N2CCSC(c3ccc4c(c3)OCO4)CC2)cc1. The number of amides is 1. The van der Waals surface area contributed by atoms with Gasteiger partial charge in [-0.05, 0) is 41.8 Å². The van der Waals surface area contributed by atoms with Crippen molar-refractivity contribution in [2.24, 2.45) is 0 Å². The van der Waals surface area contributed by atoms with Gasteiger partial charge in [-0.25, -0.2) is 0 Å². The highest BCUT2D eigenvalue weighted by Crippen LogP contribution is 2.40. The topological polar surface area (TPSA) is 38.8 Å². The van der Waals surface area contributed by atoms with E-state index in [4.69, 9.17) is 9.47 Å². The van der Waals surface area contributed by atoms with E-state index in [0.717, 1.165) is 42.3 Å². The van der Waals surface area contributed by atoms with Crippen LogP contribution < -0.4 is 9.47 Å². The molecule has 2 heterocycles. The predicted molar refractivity (Wildman–Crippen MR) is 120 cm³/mol. The molecule has 1 amide bonds. The Morgan fingerprint density at radius 3 is 2.72 bits per heavy atom. The Bertz CT molecular complexity index is 854. The van der Waals surface area contributed by atoms with Gasteiger partial charge in [-0.3, -0.25) is 4.79 Å². The zero-order chi connectivity index (χ0) is 20.2. The van der Waals surface area contributed by atoms with Crippen molar-refractivity contribution < 1.29 is 14.3 Å². The van der Waals surface area contributed by atoms with E-state index in [-0.39, 0.29) is 5.91 Å². The molecule has 4 rings (SSSR count). The number of thioether (sulfide) groups is 2. The molecule has 6 heteroatoms. The first-order valence-electron chi connectivity index (χ1n) is 10.1. The zero-order valence-corrected chi connectivity index (χ0v) is 18.6. The van der Waals surface area contributed by atoms with Crippen LogP contribution in [0.4, 0.5) is 0 Å². The van der Waals surface area contributed by atoms with E-state index < -0.39 is 0 Å². The number of hydrogen-bond donors (Lipinski definition) is 0. The lowest BCUT2D eigenvalue weighted by Crippen LogP contribution is -2.34. The van der Waals surface area contributed by atoms with Crippen molar-refractivity contribution in [3.05, 3.63) is 53.6 Å². The number of carbonyl (C=O) groups excluding carboxylic acids is 1. The first-order chi connectivity index (χ1) is 14.1. The molecule has 0 aromatic heterocycles. The van der Waals surface area contributed by atoms with Crippen molar-refractivity contribution in [3.63, 3.8) is 0 Å². The van der Waals surface area contributed by atoms with Crippen LogP contribution in [0.3, 0.4) is 0 Å². The third-order valence-electron chi connectivity index (χ3n) is 5.11. The summed E-state index contributed by atoms with van der Waals surface area (Å²) >= 11 is 3.77. The normalized spacial score (nSPS) is 18.7. The Hall–Kier alpha value is -1.79. The van der Waals surface area contributed by atoms with Gasteiger partial charge in [0.1, 0.15) is 0 Å². The molecule has 2 aromatic carbocycles. The van der Waals surface area contributed by atoms with Crippen LogP contribution in [0.2, 0.25) is 0 Å². The summed E-state index contributed by atoms with van der Waals surface area (Å²) < 4.78 is 10.9. The highest BCUT2D eigenvalue weighted by molar-refractivity contribution is 8.00. The molecule has 1 atom stereocenters. The molecule has 0 saturated carbocycles. The quantitative estimate of drug-likeness (QED) is 0.614. The van der Waals surface area contributed by atoms with E-state index in [2.05, 4.69) is 50.2 Å². The van der Waals surface area contributed by atoms with Gasteiger partial charge in [0.15, 0.2) is 11.5 Å². The van der Waals surface area contributed by atoms with Crippen molar-refractivity contribution in [2.75, 3.05) is 25.6 Å². The number of nitrogens with zero attached hydrogens (tertiary/aromatic N) is 1. The number of ether oxygens (including phenoxy) is 2. The summed E-state index contributed by atoms with van der Waals surface area (Å²) in [6.07, 6.45) is 1.44. The van der Waals surface area contributed by atoms with Crippen LogP contribution in [0.15, 0.2) is 47.4 Å². The van der Waals surface area contributed by atoms with Crippen molar-refractivity contribution in [1.82, 2.24) is 4.90 Å². The van der Waals surface area contributed by atoms with Gasteiger partial charge in [-0.2, -0.15) is 11.8 Å². The largest absolute Gasteiger partial charge is 0.454 e. The first-order valence-corrected chi connectivity index (χ1v) is 12.1. The molecule has 0 radical (unpaired) electrons. The molecule has 2 aromatic rings. The molecule has 0 bridgehead atoms. The lowest BCUT2D eigenvalue weighted by Gasteiger charge is -2.20. The monoisotopic (exact) mass is 429 g/mol. The third kappa shape index (κ3) is 5.23. The van der Waals surface area contributed by atoms with E-state index in [9.17, 15) is 4.79 Å². The summed E-state index contributed by atoms with van der Waals surface area (Å²) in [5, 5.41) is 0.949. The van der Waals surface area contributed by atoms with Gasteiger partial charge < -0.3 is 14.4 Å². The number of fused-ring (bicyclic) bond motifs is 1. The highest BCUT2D eigenvalue weighted by atomic mass is 32.2. The summed E-state index contributed by atoms with van der Waals surface area (Å²) in [7, 11) is 0. The minimum absolute atomic E-state index is 0.223. The van der Waals surface area contributed by atoms with Gasteiger partial charge in [0, 0.05) is 34.2 Å². The van der Waals surface area contributed by atoms with Crippen LogP contribution in [0.1, 0.15) is 36.6 Å². The summed E-state index contributed by atoms with van der Waals surface area (Å²) in [5.74, 6) is 2.83. The fourth-order valence-corrected chi connectivity index (χ4v) is 5.70. The average Bonchev–Trinajstić information content (AvgIpc) is 3.03. The molecule has 154 valence electrons. The van der Waals surface area contributed by atoms with E-state index in [1.54, 1.807) is 0 Å². The van der Waals surface area contributed by atoms with Crippen LogP contribution in [-0.2, 0) is 11.2 Å². The second-order valence-electron chi connectivity index (χ2n) is 7.63. The van der Waals surface area contributed by atoms with Crippen LogP contribution in [-0.4, -0.2) is 41.7 Å². The molecule has 0 N–H and O–H groups in total. The standard InChI is InChI=1S/C23H27NO3S2/c1-16(2)29-19-6-3-17(4-7-19)13-23(25)24-10-9-22(28-12-11-24)18-5-8-20-21(14-18)27-15-26-20/h3-8,14,16,22H,9-13,15H2,1-2H3. The second-order valence-corrected chi connectivity index (χ2v) is 10.6. The average molecular weight is 430 g/mol. The van der Waals surface area contributed by atoms with E-state index in [0.29, 0.717) is 23.7 Å². The van der Waals surface area contributed by atoms with Crippen LogP contribution in [0.5, 0.6) is 11.5 Å². The molecular weight excluding hydrogens is 402 g/mol. The Labute approximate surface area is 181 Å². The third-order valence-corrected chi connectivity index (χ3v) is 7.46. The highest BCUT2D eigenvalue weighted by Gasteiger charge is 2.24. The molecule has 4 nitrogen and oxygen atoms in total. The van der Waals surface area contributed by atoms with Gasteiger partial charge in [0.2, 0.25) is 12.7 Å². The maximum atomic E-state index is 12.9. The van der Waals surface area contributed by atoms with Crippen molar-refractivity contribution >= 4 is 29.4 Å². The molecular formula is C23H27NO3S2. The minimum Gasteiger partial charge on any atom is -0.454 e. The van der Waals surface area contributed by atoms with Gasteiger partial charge in [0.05, 0.1) is 6.42 Å². The van der Waals surface area contributed by atoms with Gasteiger partial charge in [-0.1, -0.05) is 32.0 Å². The Balaban J connectivity index is 1.33. The van der Waals surface area contributed by atoms with Gasteiger partial charge in [0.25, 0.3) is 0 Å². The van der Waals surface area contributed by atoms with E-state index in [1.807, 2.05) is 34.5 Å². The van der Waals surface area contributed by atoms with Crippen LogP contribution in [0, 0.1) is 0 Å². The molecule has 1 fully saturated rings. The molecule has 29 heavy (non-hydrogen) atoms. The number of hydrogen-bond acceptors (Lipinski definition) is 5. The van der Waals surface area contributed by atoms with Gasteiger partial charge >= 0.3 is 0 Å². The zero-order valence-electron chi connectivity index (χ0n) is 16.9. The fraction of sp³-hybridized carbons (Fsp3) is 0.435. The molecule has 2 aliphatic heterocycles. The Morgan fingerprint density at radius 2 is 1.93 bits per heavy atom. The van der Waals surface area contributed by atoms with E-state index in [1.165, 1.54) is 10.5 Å². The molecule has 2 aliphatic rings. The smallest absolute Gasteiger partial charge is 0.231 e. The summed E-state index contributed by atoms with van der Waals surface area (Å²) in [6.45, 7) is 6.29. The number of benzene rings is 2. The minimum atomic E-state index is 0.223. The summed E-state index contributed by atoms with van der Waals surface area (Å²) in [6, 6.07) is 14.6.